The third-order valence-corrected chi connectivity index (χ3v) is 3.71. The summed E-state index contributed by atoms with van der Waals surface area (Å²) in [4.78, 5) is 25.6. The fraction of sp³-hybridized carbons (Fsp3) is 0.467. The summed E-state index contributed by atoms with van der Waals surface area (Å²) in [5.74, 6) is 0.450. The number of ketones is 1. The maximum atomic E-state index is 12.1. The molecule has 2 rings (SSSR count). The number of nitrogens with zero attached hydrogens (tertiary/aromatic N) is 1. The molecular weight excluding hydrogens is 262 g/mol. The number of amides is 1. The van der Waals surface area contributed by atoms with E-state index in [0.717, 1.165) is 12.8 Å². The Hall–Kier alpha value is -1.35. The number of rotatable bonds is 5. The van der Waals surface area contributed by atoms with Crippen LogP contribution in [0.1, 0.15) is 36.5 Å². The molecule has 0 spiro atoms. The SMILES string of the molecule is CCCC1CC(=O)N(CC(=O)c2cccc(Cl)c2)C1. The zero-order valence-electron chi connectivity index (χ0n) is 11.1. The highest BCUT2D eigenvalue weighted by atomic mass is 35.5. The second-order valence-electron chi connectivity index (χ2n) is 5.07. The van der Waals surface area contributed by atoms with Gasteiger partial charge in [0.25, 0.3) is 0 Å². The van der Waals surface area contributed by atoms with Crippen LogP contribution in [-0.4, -0.2) is 29.7 Å². The number of halogens is 1. The summed E-state index contributed by atoms with van der Waals surface area (Å²) in [6.45, 7) is 2.99. The molecule has 4 heteroatoms. The van der Waals surface area contributed by atoms with E-state index in [2.05, 4.69) is 6.92 Å². The number of likely N-dealkylation sites (tertiary alicyclic amines) is 1. The Morgan fingerprint density at radius 1 is 1.47 bits per heavy atom. The van der Waals surface area contributed by atoms with Crippen LogP contribution in [0.5, 0.6) is 0 Å². The molecule has 1 aromatic rings. The Bertz CT molecular complexity index is 487. The number of hydrogen-bond acceptors (Lipinski definition) is 2. The van der Waals surface area contributed by atoms with Gasteiger partial charge in [0.2, 0.25) is 5.91 Å². The molecule has 0 aliphatic carbocycles. The average Bonchev–Trinajstić information content (AvgIpc) is 2.70. The molecule has 1 aliphatic heterocycles. The number of carbonyl (C=O) groups excluding carboxylic acids is 2. The van der Waals surface area contributed by atoms with Crippen molar-refractivity contribution in [2.45, 2.75) is 26.2 Å². The normalized spacial score (nSPS) is 18.9. The van der Waals surface area contributed by atoms with Crippen molar-refractivity contribution in [2.24, 2.45) is 5.92 Å². The first kappa shape index (κ1) is 14.1. The Kier molecular flexibility index (Phi) is 4.59. The highest BCUT2D eigenvalue weighted by molar-refractivity contribution is 6.31. The Balaban J connectivity index is 1.98. The lowest BCUT2D eigenvalue weighted by molar-refractivity contribution is -0.127. The maximum Gasteiger partial charge on any atom is 0.223 e. The second-order valence-corrected chi connectivity index (χ2v) is 5.50. The monoisotopic (exact) mass is 279 g/mol. The van der Waals surface area contributed by atoms with Gasteiger partial charge in [-0.3, -0.25) is 9.59 Å². The van der Waals surface area contributed by atoms with Crippen molar-refractivity contribution < 1.29 is 9.59 Å². The average molecular weight is 280 g/mol. The van der Waals surface area contributed by atoms with Gasteiger partial charge in [-0.05, 0) is 24.5 Å². The topological polar surface area (TPSA) is 37.4 Å². The van der Waals surface area contributed by atoms with Crippen molar-refractivity contribution in [3.63, 3.8) is 0 Å². The molecule has 1 aliphatic rings. The van der Waals surface area contributed by atoms with Crippen LogP contribution >= 0.6 is 11.6 Å². The molecule has 19 heavy (non-hydrogen) atoms. The zero-order chi connectivity index (χ0) is 13.8. The van der Waals surface area contributed by atoms with E-state index in [4.69, 9.17) is 11.6 Å². The molecule has 1 saturated heterocycles. The van der Waals surface area contributed by atoms with Crippen LogP contribution in [0, 0.1) is 5.92 Å². The van der Waals surface area contributed by atoms with Crippen LogP contribution in [0.2, 0.25) is 5.02 Å². The third-order valence-electron chi connectivity index (χ3n) is 3.47. The quantitative estimate of drug-likeness (QED) is 0.777. The molecule has 1 unspecified atom stereocenters. The molecule has 0 aromatic heterocycles. The smallest absolute Gasteiger partial charge is 0.223 e. The highest BCUT2D eigenvalue weighted by Crippen LogP contribution is 2.22. The summed E-state index contributed by atoms with van der Waals surface area (Å²) in [5, 5.41) is 0.544. The molecule has 0 bridgehead atoms. The van der Waals surface area contributed by atoms with Gasteiger partial charge in [-0.15, -0.1) is 0 Å². The van der Waals surface area contributed by atoms with E-state index in [9.17, 15) is 9.59 Å². The molecule has 1 fully saturated rings. The van der Waals surface area contributed by atoms with Crippen LogP contribution in [0.3, 0.4) is 0 Å². The van der Waals surface area contributed by atoms with Crippen molar-refractivity contribution in [1.82, 2.24) is 4.90 Å². The predicted octanol–water partition coefficient (Wildman–Crippen LogP) is 3.17. The number of Topliss-reactive ketones (excluding diaryl/α,β-unsaturated/α-hetero) is 1. The van der Waals surface area contributed by atoms with Crippen molar-refractivity contribution in [3.05, 3.63) is 34.9 Å². The third kappa shape index (κ3) is 3.57. The van der Waals surface area contributed by atoms with Crippen LogP contribution in [0.15, 0.2) is 24.3 Å². The Morgan fingerprint density at radius 2 is 2.26 bits per heavy atom. The summed E-state index contributed by atoms with van der Waals surface area (Å²) in [7, 11) is 0. The molecule has 0 radical (unpaired) electrons. The molecule has 1 amide bonds. The second kappa shape index (κ2) is 6.20. The Labute approximate surface area is 118 Å². The standard InChI is InChI=1S/C15H18ClNO2/c1-2-4-11-7-15(19)17(9-11)10-14(18)12-5-3-6-13(16)8-12/h3,5-6,8,11H,2,4,7,9-10H2,1H3. The highest BCUT2D eigenvalue weighted by Gasteiger charge is 2.30. The molecule has 1 aromatic carbocycles. The number of hydrogen-bond donors (Lipinski definition) is 0. The van der Waals surface area contributed by atoms with Crippen molar-refractivity contribution in [1.29, 1.82) is 0 Å². The van der Waals surface area contributed by atoms with Gasteiger partial charge in [-0.2, -0.15) is 0 Å². The summed E-state index contributed by atoms with van der Waals surface area (Å²) in [6, 6.07) is 6.87. The minimum absolute atomic E-state index is 0.0481. The predicted molar refractivity (Wildman–Crippen MR) is 75.4 cm³/mol. The lowest BCUT2D eigenvalue weighted by atomic mass is 10.0. The van der Waals surface area contributed by atoms with E-state index >= 15 is 0 Å². The van der Waals surface area contributed by atoms with Crippen LogP contribution in [0.25, 0.3) is 0 Å². The summed E-state index contributed by atoms with van der Waals surface area (Å²) in [6.07, 6.45) is 2.71. The van der Waals surface area contributed by atoms with Gasteiger partial charge in [0.1, 0.15) is 0 Å². The summed E-state index contributed by atoms with van der Waals surface area (Å²) in [5.41, 5.74) is 0.569. The van der Waals surface area contributed by atoms with Gasteiger partial charge in [0, 0.05) is 23.6 Å². The molecular formula is C15H18ClNO2. The van der Waals surface area contributed by atoms with Crippen molar-refractivity contribution in [2.75, 3.05) is 13.1 Å². The maximum absolute atomic E-state index is 12.1. The van der Waals surface area contributed by atoms with Gasteiger partial charge in [0.15, 0.2) is 5.78 Å². The van der Waals surface area contributed by atoms with Gasteiger partial charge < -0.3 is 4.90 Å². The zero-order valence-corrected chi connectivity index (χ0v) is 11.8. The fourth-order valence-corrected chi connectivity index (χ4v) is 2.73. The lowest BCUT2D eigenvalue weighted by Gasteiger charge is -2.15. The molecule has 0 N–H and O–H groups in total. The van der Waals surface area contributed by atoms with Gasteiger partial charge >= 0.3 is 0 Å². The molecule has 1 heterocycles. The van der Waals surface area contributed by atoms with Crippen LogP contribution < -0.4 is 0 Å². The largest absolute Gasteiger partial charge is 0.335 e. The first-order valence-electron chi connectivity index (χ1n) is 6.66. The van der Waals surface area contributed by atoms with Gasteiger partial charge in [0.05, 0.1) is 6.54 Å². The minimum Gasteiger partial charge on any atom is -0.335 e. The fourth-order valence-electron chi connectivity index (χ4n) is 2.53. The molecule has 102 valence electrons. The van der Waals surface area contributed by atoms with E-state index in [1.807, 2.05) is 0 Å². The molecule has 1 atom stereocenters. The van der Waals surface area contributed by atoms with Crippen LogP contribution in [-0.2, 0) is 4.79 Å². The lowest BCUT2D eigenvalue weighted by Crippen LogP contribution is -2.31. The minimum atomic E-state index is -0.0481. The van der Waals surface area contributed by atoms with Crippen molar-refractivity contribution in [3.8, 4) is 0 Å². The molecule has 3 nitrogen and oxygen atoms in total. The van der Waals surface area contributed by atoms with Crippen molar-refractivity contribution >= 4 is 23.3 Å². The Morgan fingerprint density at radius 3 is 2.95 bits per heavy atom. The van der Waals surface area contributed by atoms with E-state index in [0.29, 0.717) is 29.5 Å². The van der Waals surface area contributed by atoms with Gasteiger partial charge in [-0.25, -0.2) is 0 Å². The first-order valence-corrected chi connectivity index (χ1v) is 7.04. The van der Waals surface area contributed by atoms with E-state index in [1.54, 1.807) is 29.2 Å². The summed E-state index contributed by atoms with van der Waals surface area (Å²) >= 11 is 5.87. The summed E-state index contributed by atoms with van der Waals surface area (Å²) < 4.78 is 0. The first-order chi connectivity index (χ1) is 9.10. The van der Waals surface area contributed by atoms with Gasteiger partial charge in [-0.1, -0.05) is 37.1 Å². The van der Waals surface area contributed by atoms with E-state index in [-0.39, 0.29) is 18.2 Å². The molecule has 0 saturated carbocycles. The van der Waals surface area contributed by atoms with Crippen LogP contribution in [0.4, 0.5) is 0 Å². The van der Waals surface area contributed by atoms with E-state index < -0.39 is 0 Å². The van der Waals surface area contributed by atoms with E-state index in [1.165, 1.54) is 0 Å². The number of benzene rings is 1. The number of carbonyl (C=O) groups is 2.